The number of benzene rings is 2. The summed E-state index contributed by atoms with van der Waals surface area (Å²) in [5.74, 6) is -0.399. The summed E-state index contributed by atoms with van der Waals surface area (Å²) in [6.07, 6.45) is 4.88. The van der Waals surface area contributed by atoms with E-state index in [1.165, 1.54) is 18.2 Å². The third-order valence-corrected chi connectivity index (χ3v) is 8.10. The van der Waals surface area contributed by atoms with Crippen molar-refractivity contribution in [1.82, 2.24) is 9.88 Å². The van der Waals surface area contributed by atoms with Crippen LogP contribution in [0.5, 0.6) is 0 Å². The second-order valence-electron chi connectivity index (χ2n) is 7.74. The van der Waals surface area contributed by atoms with Crippen LogP contribution in [0.15, 0.2) is 71.2 Å². The molecule has 0 spiro atoms. The fourth-order valence-corrected chi connectivity index (χ4v) is 6.55. The van der Waals surface area contributed by atoms with E-state index in [2.05, 4.69) is 11.9 Å². The minimum Gasteiger partial charge on any atom is -0.344 e. The van der Waals surface area contributed by atoms with Crippen molar-refractivity contribution >= 4 is 32.3 Å². The monoisotopic (exact) mass is 446 g/mol. The number of nitrogens with one attached hydrogen (secondary N) is 1. The third kappa shape index (κ3) is 4.04. The first kappa shape index (κ1) is 21.1. The van der Waals surface area contributed by atoms with E-state index < -0.39 is 20.9 Å². The Hall–Kier alpha value is -2.15. The van der Waals surface area contributed by atoms with Gasteiger partial charge in [0.15, 0.2) is 9.84 Å². The fourth-order valence-electron chi connectivity index (χ4n) is 4.21. The van der Waals surface area contributed by atoms with E-state index in [1.54, 1.807) is 30.5 Å². The zero-order valence-corrected chi connectivity index (χ0v) is 18.1. The van der Waals surface area contributed by atoms with Crippen molar-refractivity contribution in [1.29, 1.82) is 0 Å². The summed E-state index contributed by atoms with van der Waals surface area (Å²) in [5.41, 5.74) is 1.11. The Morgan fingerprint density at radius 2 is 2.00 bits per heavy atom. The van der Waals surface area contributed by atoms with Crippen LogP contribution in [0.3, 0.4) is 0 Å². The van der Waals surface area contributed by atoms with Gasteiger partial charge in [0.2, 0.25) is 0 Å². The predicted molar refractivity (Wildman–Crippen MR) is 119 cm³/mol. The highest BCUT2D eigenvalue weighted by atomic mass is 35.5. The molecule has 0 radical (unpaired) electrons. The molecule has 0 bridgehead atoms. The summed E-state index contributed by atoms with van der Waals surface area (Å²) in [5, 5.41) is 2.89. The Balaban J connectivity index is 1.84. The molecule has 4 rings (SSSR count). The second kappa shape index (κ2) is 8.53. The molecule has 4 nitrogen and oxygen atoms in total. The van der Waals surface area contributed by atoms with Gasteiger partial charge in [-0.05, 0) is 43.1 Å². The molecule has 0 saturated carbocycles. The summed E-state index contributed by atoms with van der Waals surface area (Å²) >= 11 is 6.20. The highest BCUT2D eigenvalue weighted by Crippen LogP contribution is 2.39. The topological polar surface area (TPSA) is 51.1 Å². The molecule has 1 aromatic heterocycles. The minimum absolute atomic E-state index is 0.0261. The molecule has 30 heavy (non-hydrogen) atoms. The average Bonchev–Trinajstić information content (AvgIpc) is 3.07. The van der Waals surface area contributed by atoms with Crippen molar-refractivity contribution in [3.8, 4) is 0 Å². The SMILES string of the molecule is C=C(Cl)C(c1ccccc1)S(=O)(=O)c1cn(CC2CCCCN2)c2cc(F)ccc12. The Morgan fingerprint density at radius 1 is 1.23 bits per heavy atom. The Labute approximate surface area is 181 Å². The van der Waals surface area contributed by atoms with Gasteiger partial charge in [0.25, 0.3) is 0 Å². The molecule has 2 atom stereocenters. The highest BCUT2D eigenvalue weighted by Gasteiger charge is 2.34. The summed E-state index contributed by atoms with van der Waals surface area (Å²) in [4.78, 5) is 0.143. The molecule has 0 aliphatic carbocycles. The summed E-state index contributed by atoms with van der Waals surface area (Å²) in [6.45, 7) is 5.24. The van der Waals surface area contributed by atoms with Crippen LogP contribution >= 0.6 is 11.6 Å². The van der Waals surface area contributed by atoms with Crippen LogP contribution in [-0.2, 0) is 16.4 Å². The van der Waals surface area contributed by atoms with Gasteiger partial charge >= 0.3 is 0 Å². The first-order valence-corrected chi connectivity index (χ1v) is 12.0. The van der Waals surface area contributed by atoms with E-state index >= 15 is 0 Å². The van der Waals surface area contributed by atoms with Crippen molar-refractivity contribution in [2.45, 2.75) is 42.0 Å². The molecule has 1 saturated heterocycles. The fraction of sp³-hybridized carbons (Fsp3) is 0.304. The van der Waals surface area contributed by atoms with Crippen LogP contribution in [-0.4, -0.2) is 25.6 Å². The lowest BCUT2D eigenvalue weighted by Crippen LogP contribution is -2.37. The van der Waals surface area contributed by atoms with Crippen LogP contribution in [0, 0.1) is 5.82 Å². The van der Waals surface area contributed by atoms with E-state index in [0.29, 0.717) is 23.0 Å². The lowest BCUT2D eigenvalue weighted by Gasteiger charge is -2.24. The molecule has 2 heterocycles. The van der Waals surface area contributed by atoms with Gasteiger partial charge in [0.1, 0.15) is 11.1 Å². The van der Waals surface area contributed by atoms with Gasteiger partial charge in [0, 0.05) is 29.2 Å². The zero-order valence-electron chi connectivity index (χ0n) is 16.5. The quantitative estimate of drug-likeness (QED) is 0.566. The minimum atomic E-state index is -3.91. The van der Waals surface area contributed by atoms with E-state index in [-0.39, 0.29) is 16.0 Å². The molecule has 3 aromatic rings. The molecule has 2 unspecified atom stereocenters. The average molecular weight is 447 g/mol. The van der Waals surface area contributed by atoms with Crippen molar-refractivity contribution in [2.24, 2.45) is 0 Å². The van der Waals surface area contributed by atoms with Crippen LogP contribution in [0.2, 0.25) is 0 Å². The Kier molecular flexibility index (Phi) is 6.00. The van der Waals surface area contributed by atoms with E-state index in [9.17, 15) is 12.8 Å². The number of hydrogen-bond acceptors (Lipinski definition) is 3. The van der Waals surface area contributed by atoms with Crippen LogP contribution in [0.4, 0.5) is 4.39 Å². The van der Waals surface area contributed by atoms with Gasteiger partial charge in [-0.3, -0.25) is 0 Å². The number of halogens is 2. The van der Waals surface area contributed by atoms with Crippen molar-refractivity contribution in [3.63, 3.8) is 0 Å². The molecule has 7 heteroatoms. The van der Waals surface area contributed by atoms with Crippen molar-refractivity contribution < 1.29 is 12.8 Å². The molecular weight excluding hydrogens is 423 g/mol. The largest absolute Gasteiger partial charge is 0.344 e. The zero-order chi connectivity index (χ0) is 21.3. The number of piperidine rings is 1. The lowest BCUT2D eigenvalue weighted by atomic mass is 10.1. The molecule has 1 aliphatic rings. The van der Waals surface area contributed by atoms with E-state index in [0.717, 1.165) is 25.8 Å². The molecule has 158 valence electrons. The summed E-state index contributed by atoms with van der Waals surface area (Å²) < 4.78 is 43.3. The van der Waals surface area contributed by atoms with E-state index in [1.807, 2.05) is 10.6 Å². The first-order chi connectivity index (χ1) is 14.4. The normalized spacial score (nSPS) is 18.4. The maximum Gasteiger partial charge on any atom is 0.192 e. The predicted octanol–water partition coefficient (Wildman–Crippen LogP) is 5.19. The smallest absolute Gasteiger partial charge is 0.192 e. The first-order valence-electron chi connectivity index (χ1n) is 10.0. The van der Waals surface area contributed by atoms with Gasteiger partial charge in [-0.1, -0.05) is 54.9 Å². The lowest BCUT2D eigenvalue weighted by molar-refractivity contribution is 0.366. The number of sulfone groups is 1. The van der Waals surface area contributed by atoms with E-state index in [4.69, 9.17) is 11.6 Å². The van der Waals surface area contributed by atoms with Crippen molar-refractivity contribution in [2.75, 3.05) is 6.54 Å². The van der Waals surface area contributed by atoms with Crippen LogP contribution in [0.1, 0.15) is 30.1 Å². The third-order valence-electron chi connectivity index (χ3n) is 5.64. The standard InChI is InChI=1S/C23H24ClFN2O2S/c1-16(24)23(17-7-3-2-4-8-17)30(28,29)22-15-27(14-19-9-5-6-12-26-19)21-13-18(25)10-11-20(21)22/h2-4,7-8,10-11,13,15,19,23,26H,1,5-6,9,12,14H2. The summed E-state index contributed by atoms with van der Waals surface area (Å²) in [6, 6.07) is 13.2. The van der Waals surface area contributed by atoms with Crippen molar-refractivity contribution in [3.05, 3.63) is 77.7 Å². The molecule has 1 N–H and O–H groups in total. The van der Waals surface area contributed by atoms with Crippen LogP contribution < -0.4 is 5.32 Å². The maximum absolute atomic E-state index is 14.0. The maximum atomic E-state index is 14.0. The number of nitrogens with zero attached hydrogens (tertiary/aromatic N) is 1. The number of fused-ring (bicyclic) bond motifs is 1. The Bertz CT molecular complexity index is 1170. The molecule has 1 fully saturated rings. The number of aromatic nitrogens is 1. The molecule has 0 amide bonds. The Morgan fingerprint density at radius 3 is 2.67 bits per heavy atom. The molecule has 1 aliphatic heterocycles. The van der Waals surface area contributed by atoms with Gasteiger partial charge in [-0.2, -0.15) is 0 Å². The molecule has 2 aromatic carbocycles. The molecular formula is C23H24ClFN2O2S. The van der Waals surface area contributed by atoms with Gasteiger partial charge < -0.3 is 9.88 Å². The highest BCUT2D eigenvalue weighted by molar-refractivity contribution is 7.92. The summed E-state index contributed by atoms with van der Waals surface area (Å²) in [7, 11) is -3.91. The van der Waals surface area contributed by atoms with Gasteiger partial charge in [-0.25, -0.2) is 12.8 Å². The second-order valence-corrected chi connectivity index (χ2v) is 10.2. The van der Waals surface area contributed by atoms with Gasteiger partial charge in [0.05, 0.1) is 10.4 Å². The van der Waals surface area contributed by atoms with Crippen LogP contribution in [0.25, 0.3) is 10.9 Å². The number of rotatable bonds is 6. The number of hydrogen-bond donors (Lipinski definition) is 1. The van der Waals surface area contributed by atoms with Gasteiger partial charge in [-0.15, -0.1) is 0 Å².